The molecule has 94 valence electrons. The molecule has 2 N–H and O–H groups in total. The van der Waals surface area contributed by atoms with E-state index >= 15 is 0 Å². The van der Waals surface area contributed by atoms with Crippen LogP contribution in [0.1, 0.15) is 22.2 Å². The molecular formula is C12H14N4O2. The van der Waals surface area contributed by atoms with Crippen molar-refractivity contribution >= 4 is 5.91 Å². The number of ether oxygens (including phenoxy) is 1. The van der Waals surface area contributed by atoms with Gasteiger partial charge >= 0.3 is 0 Å². The van der Waals surface area contributed by atoms with Crippen LogP contribution >= 0.6 is 0 Å². The molecule has 0 aliphatic heterocycles. The number of amides is 1. The van der Waals surface area contributed by atoms with Crippen molar-refractivity contribution in [3.05, 3.63) is 48.3 Å². The molecule has 0 spiro atoms. The molecule has 18 heavy (non-hydrogen) atoms. The first kappa shape index (κ1) is 12.3. The second kappa shape index (κ2) is 5.92. The van der Waals surface area contributed by atoms with Crippen LogP contribution in [-0.2, 0) is 4.74 Å². The molecule has 0 bridgehead atoms. The zero-order valence-electron chi connectivity index (χ0n) is 9.96. The quantitative estimate of drug-likeness (QED) is 0.822. The van der Waals surface area contributed by atoms with E-state index in [2.05, 4.69) is 20.3 Å². The van der Waals surface area contributed by atoms with Gasteiger partial charge in [0.05, 0.1) is 30.9 Å². The smallest absolute Gasteiger partial charge is 0.269 e. The summed E-state index contributed by atoms with van der Waals surface area (Å²) in [4.78, 5) is 22.7. The molecule has 0 aliphatic carbocycles. The molecule has 1 atom stereocenters. The standard InChI is InChI=1S/C12H14N4O2/c1-18-7-11(9-4-2-3-5-14-9)16-12(17)10-6-13-8-15-10/h2-6,8,11H,7H2,1H3,(H,13,15)(H,16,17)/t11-/m0/s1. The minimum atomic E-state index is -0.285. The van der Waals surface area contributed by atoms with E-state index in [4.69, 9.17) is 4.74 Å². The molecule has 2 rings (SSSR count). The molecule has 0 aromatic carbocycles. The van der Waals surface area contributed by atoms with Crippen LogP contribution < -0.4 is 5.32 Å². The lowest BCUT2D eigenvalue weighted by Crippen LogP contribution is -2.32. The Balaban J connectivity index is 2.10. The van der Waals surface area contributed by atoms with Crippen LogP contribution in [0.3, 0.4) is 0 Å². The van der Waals surface area contributed by atoms with E-state index in [1.807, 2.05) is 18.2 Å². The van der Waals surface area contributed by atoms with Crippen LogP contribution in [0.5, 0.6) is 0 Å². The molecule has 0 saturated heterocycles. The monoisotopic (exact) mass is 246 g/mol. The SMILES string of the molecule is COC[C@H](NC(=O)c1cnc[nH]1)c1ccccn1. The number of imidazole rings is 1. The molecular weight excluding hydrogens is 232 g/mol. The summed E-state index contributed by atoms with van der Waals surface area (Å²) in [5.74, 6) is -0.236. The Bertz CT molecular complexity index is 484. The Labute approximate surface area is 104 Å². The lowest BCUT2D eigenvalue weighted by Gasteiger charge is -2.16. The zero-order chi connectivity index (χ0) is 12.8. The van der Waals surface area contributed by atoms with Crippen molar-refractivity contribution < 1.29 is 9.53 Å². The van der Waals surface area contributed by atoms with E-state index in [1.54, 1.807) is 13.3 Å². The number of aromatic nitrogens is 3. The van der Waals surface area contributed by atoms with E-state index < -0.39 is 0 Å². The zero-order valence-corrected chi connectivity index (χ0v) is 9.96. The van der Waals surface area contributed by atoms with Gasteiger partial charge in [0, 0.05) is 13.3 Å². The van der Waals surface area contributed by atoms with Crippen molar-refractivity contribution in [2.45, 2.75) is 6.04 Å². The van der Waals surface area contributed by atoms with Crippen molar-refractivity contribution in [2.75, 3.05) is 13.7 Å². The molecule has 6 nitrogen and oxygen atoms in total. The Morgan fingerprint density at radius 3 is 3.06 bits per heavy atom. The number of hydrogen-bond acceptors (Lipinski definition) is 4. The normalized spacial score (nSPS) is 12.1. The molecule has 0 fully saturated rings. The summed E-state index contributed by atoms with van der Waals surface area (Å²) < 4.78 is 5.10. The fraction of sp³-hybridized carbons (Fsp3) is 0.250. The van der Waals surface area contributed by atoms with Crippen LogP contribution in [-0.4, -0.2) is 34.6 Å². The molecule has 2 aromatic rings. The number of carbonyl (C=O) groups is 1. The number of methoxy groups -OCH3 is 1. The highest BCUT2D eigenvalue weighted by Crippen LogP contribution is 2.10. The van der Waals surface area contributed by atoms with Gasteiger partial charge in [0.1, 0.15) is 5.69 Å². The van der Waals surface area contributed by atoms with Gasteiger partial charge in [-0.1, -0.05) is 6.07 Å². The van der Waals surface area contributed by atoms with Gasteiger partial charge in [0.15, 0.2) is 0 Å². The topological polar surface area (TPSA) is 79.9 Å². The highest BCUT2D eigenvalue weighted by molar-refractivity contribution is 5.92. The Hall–Kier alpha value is -2.21. The van der Waals surface area contributed by atoms with Crippen LogP contribution in [0.15, 0.2) is 36.9 Å². The summed E-state index contributed by atoms with van der Waals surface area (Å²) in [6, 6.07) is 5.25. The Morgan fingerprint density at radius 1 is 1.56 bits per heavy atom. The summed E-state index contributed by atoms with van der Waals surface area (Å²) >= 11 is 0. The second-order valence-corrected chi connectivity index (χ2v) is 3.70. The first-order valence-corrected chi connectivity index (χ1v) is 5.50. The number of carbonyl (C=O) groups excluding carboxylic acids is 1. The van der Waals surface area contributed by atoms with Gasteiger partial charge in [-0.2, -0.15) is 0 Å². The van der Waals surface area contributed by atoms with Gasteiger partial charge < -0.3 is 15.0 Å². The number of rotatable bonds is 5. The molecule has 0 saturated carbocycles. The molecule has 0 unspecified atom stereocenters. The average molecular weight is 246 g/mol. The summed E-state index contributed by atoms with van der Waals surface area (Å²) in [5.41, 5.74) is 1.17. The van der Waals surface area contributed by atoms with E-state index in [9.17, 15) is 4.79 Å². The Kier molecular flexibility index (Phi) is 4.03. The largest absolute Gasteiger partial charge is 0.382 e. The minimum absolute atomic E-state index is 0.236. The molecule has 0 aliphatic rings. The van der Waals surface area contributed by atoms with Gasteiger partial charge in [-0.25, -0.2) is 4.98 Å². The maximum absolute atomic E-state index is 11.9. The number of hydrogen-bond donors (Lipinski definition) is 2. The number of H-pyrrole nitrogens is 1. The predicted molar refractivity (Wildman–Crippen MR) is 64.9 cm³/mol. The number of nitrogens with zero attached hydrogens (tertiary/aromatic N) is 2. The van der Waals surface area contributed by atoms with Gasteiger partial charge in [-0.15, -0.1) is 0 Å². The van der Waals surface area contributed by atoms with E-state index in [0.717, 1.165) is 5.69 Å². The highest BCUT2D eigenvalue weighted by atomic mass is 16.5. The first-order valence-electron chi connectivity index (χ1n) is 5.50. The average Bonchev–Trinajstić information content (AvgIpc) is 2.93. The second-order valence-electron chi connectivity index (χ2n) is 3.70. The van der Waals surface area contributed by atoms with E-state index in [0.29, 0.717) is 12.3 Å². The van der Waals surface area contributed by atoms with Gasteiger partial charge in [0.2, 0.25) is 0 Å². The first-order chi connectivity index (χ1) is 8.81. The van der Waals surface area contributed by atoms with Gasteiger partial charge in [0.25, 0.3) is 5.91 Å². The van der Waals surface area contributed by atoms with E-state index in [-0.39, 0.29) is 11.9 Å². The fourth-order valence-electron chi connectivity index (χ4n) is 1.57. The Morgan fingerprint density at radius 2 is 2.44 bits per heavy atom. The van der Waals surface area contributed by atoms with Crippen LogP contribution in [0.4, 0.5) is 0 Å². The summed E-state index contributed by atoms with van der Waals surface area (Å²) in [6.07, 6.45) is 4.61. The van der Waals surface area contributed by atoms with Crippen molar-refractivity contribution in [2.24, 2.45) is 0 Å². The predicted octanol–water partition coefficient (Wildman–Crippen LogP) is 0.922. The van der Waals surface area contributed by atoms with Crippen molar-refractivity contribution in [1.82, 2.24) is 20.3 Å². The lowest BCUT2D eigenvalue weighted by atomic mass is 10.2. The van der Waals surface area contributed by atoms with Crippen molar-refractivity contribution in [3.8, 4) is 0 Å². The molecule has 2 aromatic heterocycles. The third-order valence-electron chi connectivity index (χ3n) is 2.43. The van der Waals surface area contributed by atoms with Gasteiger partial charge in [-0.05, 0) is 12.1 Å². The minimum Gasteiger partial charge on any atom is -0.382 e. The third-order valence-corrected chi connectivity index (χ3v) is 2.43. The van der Waals surface area contributed by atoms with E-state index in [1.165, 1.54) is 12.5 Å². The number of nitrogens with one attached hydrogen (secondary N) is 2. The third kappa shape index (κ3) is 2.92. The van der Waals surface area contributed by atoms with Crippen LogP contribution in [0.25, 0.3) is 0 Å². The van der Waals surface area contributed by atoms with Crippen molar-refractivity contribution in [1.29, 1.82) is 0 Å². The maximum Gasteiger partial charge on any atom is 0.269 e. The number of pyridine rings is 1. The van der Waals surface area contributed by atoms with Crippen LogP contribution in [0, 0.1) is 0 Å². The molecule has 0 radical (unpaired) electrons. The maximum atomic E-state index is 11.9. The fourth-order valence-corrected chi connectivity index (χ4v) is 1.57. The molecule has 2 heterocycles. The van der Waals surface area contributed by atoms with Crippen molar-refractivity contribution in [3.63, 3.8) is 0 Å². The summed E-state index contributed by atoms with van der Waals surface area (Å²) in [7, 11) is 1.58. The van der Waals surface area contributed by atoms with Gasteiger partial charge in [-0.3, -0.25) is 9.78 Å². The molecule has 1 amide bonds. The van der Waals surface area contributed by atoms with Crippen LogP contribution in [0.2, 0.25) is 0 Å². The molecule has 6 heteroatoms. The number of aromatic amines is 1. The summed E-state index contributed by atoms with van der Waals surface area (Å²) in [6.45, 7) is 0.358. The highest BCUT2D eigenvalue weighted by Gasteiger charge is 2.17. The lowest BCUT2D eigenvalue weighted by molar-refractivity contribution is 0.0890. The summed E-state index contributed by atoms with van der Waals surface area (Å²) in [5, 5.41) is 2.84.